The highest BCUT2D eigenvalue weighted by molar-refractivity contribution is 7.13. The van der Waals surface area contributed by atoms with Gasteiger partial charge in [-0.05, 0) is 36.8 Å². The molecular formula is C21H28N4O2S. The first kappa shape index (κ1) is 20.5. The first-order valence-electron chi connectivity index (χ1n) is 9.71. The lowest BCUT2D eigenvalue weighted by atomic mass is 10.0. The van der Waals surface area contributed by atoms with Gasteiger partial charge >= 0.3 is 0 Å². The zero-order valence-corrected chi connectivity index (χ0v) is 17.5. The number of nitrogens with one attached hydrogen (secondary N) is 1. The summed E-state index contributed by atoms with van der Waals surface area (Å²) in [6, 6.07) is 7.15. The van der Waals surface area contributed by atoms with Crippen molar-refractivity contribution in [1.82, 2.24) is 15.2 Å². The van der Waals surface area contributed by atoms with Gasteiger partial charge in [-0.3, -0.25) is 9.59 Å². The lowest BCUT2D eigenvalue weighted by Crippen LogP contribution is -2.52. The molecule has 1 fully saturated rings. The van der Waals surface area contributed by atoms with Crippen LogP contribution in [0.2, 0.25) is 0 Å². The van der Waals surface area contributed by atoms with Crippen LogP contribution in [0.3, 0.4) is 0 Å². The lowest BCUT2D eigenvalue weighted by molar-refractivity contribution is -0.140. The number of hydrogen-bond donors (Lipinski definition) is 2. The van der Waals surface area contributed by atoms with E-state index in [-0.39, 0.29) is 17.7 Å². The van der Waals surface area contributed by atoms with E-state index in [0.29, 0.717) is 19.5 Å². The van der Waals surface area contributed by atoms with Crippen LogP contribution in [0.15, 0.2) is 29.8 Å². The lowest BCUT2D eigenvalue weighted by Gasteiger charge is -2.28. The van der Waals surface area contributed by atoms with Crippen LogP contribution in [-0.4, -0.2) is 40.3 Å². The van der Waals surface area contributed by atoms with E-state index in [1.807, 2.05) is 38.4 Å². The maximum atomic E-state index is 12.7. The van der Waals surface area contributed by atoms with Crippen molar-refractivity contribution in [3.63, 3.8) is 0 Å². The molecule has 1 aliphatic heterocycles. The first-order valence-corrected chi connectivity index (χ1v) is 10.6. The molecule has 0 bridgehead atoms. The number of likely N-dealkylation sites (tertiary alicyclic amines) is 1. The number of thiazole rings is 1. The average Bonchev–Trinajstić information content (AvgIpc) is 3.34. The number of aromatic nitrogens is 1. The molecule has 7 heteroatoms. The molecule has 2 atom stereocenters. The summed E-state index contributed by atoms with van der Waals surface area (Å²) in [6.45, 7) is 6.88. The van der Waals surface area contributed by atoms with Crippen LogP contribution in [0, 0.1) is 12.8 Å². The first-order chi connectivity index (χ1) is 13.4. The Morgan fingerprint density at radius 2 is 2.04 bits per heavy atom. The number of hydrogen-bond acceptors (Lipinski definition) is 5. The van der Waals surface area contributed by atoms with E-state index in [2.05, 4.69) is 22.4 Å². The molecule has 3 N–H and O–H groups in total. The zero-order valence-electron chi connectivity index (χ0n) is 16.6. The molecule has 150 valence electrons. The fraction of sp³-hybridized carbons (Fsp3) is 0.476. The molecule has 2 aromatic rings. The van der Waals surface area contributed by atoms with E-state index in [1.54, 1.807) is 16.2 Å². The van der Waals surface area contributed by atoms with E-state index >= 15 is 0 Å². The Kier molecular flexibility index (Phi) is 6.46. The Labute approximate surface area is 170 Å². The summed E-state index contributed by atoms with van der Waals surface area (Å²) < 4.78 is 0. The molecule has 3 rings (SSSR count). The highest BCUT2D eigenvalue weighted by Crippen LogP contribution is 2.27. The second-order valence-corrected chi connectivity index (χ2v) is 8.50. The smallest absolute Gasteiger partial charge is 0.243 e. The van der Waals surface area contributed by atoms with Crippen LogP contribution < -0.4 is 11.1 Å². The molecule has 0 saturated carbocycles. The van der Waals surface area contributed by atoms with E-state index in [0.717, 1.165) is 28.1 Å². The van der Waals surface area contributed by atoms with Crippen molar-refractivity contribution in [1.29, 1.82) is 0 Å². The third kappa shape index (κ3) is 4.42. The second-order valence-electron chi connectivity index (χ2n) is 7.64. The zero-order chi connectivity index (χ0) is 20.3. The van der Waals surface area contributed by atoms with Crippen molar-refractivity contribution >= 4 is 23.2 Å². The van der Waals surface area contributed by atoms with Crippen LogP contribution in [0.4, 0.5) is 0 Å². The highest BCUT2D eigenvalue weighted by atomic mass is 32.1. The summed E-state index contributed by atoms with van der Waals surface area (Å²) in [4.78, 5) is 32.3. The van der Waals surface area contributed by atoms with Crippen molar-refractivity contribution in [3.05, 3.63) is 41.0 Å². The van der Waals surface area contributed by atoms with Crippen molar-refractivity contribution in [2.24, 2.45) is 11.7 Å². The largest absolute Gasteiger partial charge is 0.350 e. The predicted octanol–water partition coefficient (Wildman–Crippen LogP) is 2.71. The minimum Gasteiger partial charge on any atom is -0.350 e. The van der Waals surface area contributed by atoms with Gasteiger partial charge in [0.05, 0.1) is 22.1 Å². The second kappa shape index (κ2) is 8.84. The summed E-state index contributed by atoms with van der Waals surface area (Å²) in [5, 5.41) is 2.98. The monoisotopic (exact) mass is 400 g/mol. The molecule has 1 aliphatic rings. The van der Waals surface area contributed by atoms with Crippen molar-refractivity contribution < 1.29 is 9.59 Å². The van der Waals surface area contributed by atoms with Crippen molar-refractivity contribution in [3.8, 4) is 10.4 Å². The van der Waals surface area contributed by atoms with Gasteiger partial charge in [0.2, 0.25) is 11.8 Å². The third-order valence-corrected chi connectivity index (χ3v) is 6.25. The predicted molar refractivity (Wildman–Crippen MR) is 112 cm³/mol. The molecular weight excluding hydrogens is 372 g/mol. The van der Waals surface area contributed by atoms with Gasteiger partial charge in [-0.2, -0.15) is 0 Å². The molecule has 1 unspecified atom stereocenters. The van der Waals surface area contributed by atoms with Gasteiger partial charge < -0.3 is 16.0 Å². The molecule has 0 radical (unpaired) electrons. The van der Waals surface area contributed by atoms with Gasteiger partial charge in [-0.1, -0.05) is 38.1 Å². The Balaban J connectivity index is 1.59. The van der Waals surface area contributed by atoms with Gasteiger partial charge in [-0.15, -0.1) is 11.3 Å². The average molecular weight is 401 g/mol. The summed E-state index contributed by atoms with van der Waals surface area (Å²) in [6.07, 6.45) is 1.52. The number of carbonyl (C=O) groups is 2. The van der Waals surface area contributed by atoms with E-state index < -0.39 is 12.1 Å². The van der Waals surface area contributed by atoms with Gasteiger partial charge in [0.25, 0.3) is 0 Å². The fourth-order valence-corrected chi connectivity index (χ4v) is 4.25. The summed E-state index contributed by atoms with van der Waals surface area (Å²) in [7, 11) is 0. The van der Waals surface area contributed by atoms with Gasteiger partial charge in [0.1, 0.15) is 6.04 Å². The molecule has 0 aliphatic carbocycles. The normalized spacial score (nSPS) is 17.8. The number of nitrogens with zero attached hydrogens (tertiary/aromatic N) is 2. The minimum atomic E-state index is -0.559. The summed E-state index contributed by atoms with van der Waals surface area (Å²) >= 11 is 1.62. The summed E-state index contributed by atoms with van der Waals surface area (Å²) in [5.74, 6) is -0.182. The fourth-order valence-electron chi connectivity index (χ4n) is 3.44. The SMILES string of the molecule is Cc1ncsc1-c1ccc(CNC(=O)C2CCCN2C(=O)[C@@H](N)C(C)C)cc1. The Hall–Kier alpha value is -2.25. The summed E-state index contributed by atoms with van der Waals surface area (Å²) in [5.41, 5.74) is 11.0. The Morgan fingerprint density at radius 1 is 1.32 bits per heavy atom. The number of carbonyl (C=O) groups excluding carboxylic acids is 2. The maximum Gasteiger partial charge on any atom is 0.243 e. The van der Waals surface area contributed by atoms with Crippen LogP contribution in [-0.2, 0) is 16.1 Å². The molecule has 1 aromatic carbocycles. The number of aryl methyl sites for hydroxylation is 1. The number of rotatable bonds is 6. The number of amides is 2. The minimum absolute atomic E-state index is 0.0532. The maximum absolute atomic E-state index is 12.7. The van der Waals surface area contributed by atoms with Crippen LogP contribution in [0.1, 0.15) is 37.9 Å². The van der Waals surface area contributed by atoms with Gasteiger partial charge in [0.15, 0.2) is 0 Å². The Morgan fingerprint density at radius 3 is 2.64 bits per heavy atom. The third-order valence-electron chi connectivity index (χ3n) is 5.27. The molecule has 6 nitrogen and oxygen atoms in total. The number of nitrogens with two attached hydrogens (primary N) is 1. The molecule has 1 saturated heterocycles. The van der Waals surface area contributed by atoms with Crippen molar-refractivity contribution in [2.45, 2.75) is 52.2 Å². The van der Waals surface area contributed by atoms with Gasteiger partial charge in [-0.25, -0.2) is 4.98 Å². The van der Waals surface area contributed by atoms with Crippen LogP contribution in [0.5, 0.6) is 0 Å². The number of benzene rings is 1. The molecule has 28 heavy (non-hydrogen) atoms. The van der Waals surface area contributed by atoms with Gasteiger partial charge in [0, 0.05) is 13.1 Å². The molecule has 2 amide bonds. The van der Waals surface area contributed by atoms with E-state index in [4.69, 9.17) is 5.73 Å². The molecule has 1 aromatic heterocycles. The van der Waals surface area contributed by atoms with E-state index in [9.17, 15) is 9.59 Å². The molecule has 0 spiro atoms. The Bertz CT molecular complexity index is 831. The quantitative estimate of drug-likeness (QED) is 0.780. The molecule has 2 heterocycles. The van der Waals surface area contributed by atoms with E-state index in [1.165, 1.54) is 0 Å². The van der Waals surface area contributed by atoms with Crippen LogP contribution >= 0.6 is 11.3 Å². The standard InChI is InChI=1S/C21H28N4O2S/c1-13(2)18(22)21(27)25-10-4-5-17(25)20(26)23-11-15-6-8-16(9-7-15)19-14(3)24-12-28-19/h6-9,12-13,17-18H,4-5,10-11,22H2,1-3H3,(H,23,26)/t17?,18-/m0/s1. The highest BCUT2D eigenvalue weighted by Gasteiger charge is 2.36. The topological polar surface area (TPSA) is 88.3 Å². The van der Waals surface area contributed by atoms with Crippen LogP contribution in [0.25, 0.3) is 10.4 Å². The van der Waals surface area contributed by atoms with Crippen molar-refractivity contribution in [2.75, 3.05) is 6.54 Å².